The van der Waals surface area contributed by atoms with E-state index in [0.29, 0.717) is 12.0 Å². The summed E-state index contributed by atoms with van der Waals surface area (Å²) in [6.45, 7) is 2.14. The first-order valence-corrected chi connectivity index (χ1v) is 8.59. The van der Waals surface area contributed by atoms with Crippen molar-refractivity contribution in [3.05, 3.63) is 81.1 Å². The molecule has 3 nitrogen and oxygen atoms in total. The van der Waals surface area contributed by atoms with Crippen LogP contribution in [0.3, 0.4) is 0 Å². The minimum atomic E-state index is -1.14. The molecule has 2 aromatic carbocycles. The Morgan fingerprint density at radius 3 is 2.44 bits per heavy atom. The number of pyridine rings is 1. The Kier molecular flexibility index (Phi) is 5.31. The molecule has 1 atom stereocenters. The maximum atomic E-state index is 14.0. The van der Waals surface area contributed by atoms with Crippen molar-refractivity contribution in [2.75, 3.05) is 0 Å². The van der Waals surface area contributed by atoms with Gasteiger partial charge in [-0.2, -0.15) is 5.26 Å². The average Bonchev–Trinajstić information content (AvgIpc) is 2.66. The molecule has 3 aromatic rings. The van der Waals surface area contributed by atoms with Crippen molar-refractivity contribution in [2.45, 2.75) is 32.5 Å². The average molecular weight is 370 g/mol. The monoisotopic (exact) mass is 370 g/mol. The van der Waals surface area contributed by atoms with Crippen LogP contribution < -0.4 is 5.43 Å². The van der Waals surface area contributed by atoms with Crippen molar-refractivity contribution < 1.29 is 13.2 Å². The van der Waals surface area contributed by atoms with Crippen LogP contribution in [0.4, 0.5) is 13.2 Å². The summed E-state index contributed by atoms with van der Waals surface area (Å²) >= 11 is 0. The first-order valence-electron chi connectivity index (χ1n) is 8.59. The van der Waals surface area contributed by atoms with E-state index in [4.69, 9.17) is 5.26 Å². The topological polar surface area (TPSA) is 45.8 Å². The molecule has 0 radical (unpaired) electrons. The minimum Gasteiger partial charge on any atom is -0.341 e. The summed E-state index contributed by atoms with van der Waals surface area (Å²) in [6, 6.07) is 10.4. The summed E-state index contributed by atoms with van der Waals surface area (Å²) in [5.41, 5.74) is 0.753. The lowest BCUT2D eigenvalue weighted by molar-refractivity contribution is 0.321. The molecule has 0 spiro atoms. The third-order valence-corrected chi connectivity index (χ3v) is 4.48. The molecule has 1 aromatic heterocycles. The number of benzene rings is 2. The smallest absolute Gasteiger partial charge is 0.207 e. The van der Waals surface area contributed by atoms with E-state index < -0.39 is 23.2 Å². The summed E-state index contributed by atoms with van der Waals surface area (Å²) in [5, 5.41) is 9.11. The van der Waals surface area contributed by atoms with Gasteiger partial charge in [0, 0.05) is 18.8 Å². The molecule has 0 bridgehead atoms. The molecule has 0 fully saturated rings. The fourth-order valence-electron chi connectivity index (χ4n) is 3.04. The van der Waals surface area contributed by atoms with Crippen LogP contribution in [-0.4, -0.2) is 4.57 Å². The Labute approximate surface area is 154 Å². The second kappa shape index (κ2) is 7.67. The summed E-state index contributed by atoms with van der Waals surface area (Å²) in [7, 11) is 0. The zero-order chi connectivity index (χ0) is 19.6. The van der Waals surface area contributed by atoms with Crippen molar-refractivity contribution in [3.8, 4) is 6.07 Å². The molecule has 0 N–H and O–H groups in total. The summed E-state index contributed by atoms with van der Waals surface area (Å²) in [5.74, 6) is -2.22. The first-order chi connectivity index (χ1) is 12.9. The number of aromatic nitrogens is 1. The number of halogens is 3. The molecule has 0 saturated heterocycles. The maximum absolute atomic E-state index is 14.0. The van der Waals surface area contributed by atoms with E-state index in [1.165, 1.54) is 10.8 Å². The molecule has 0 aliphatic heterocycles. The van der Waals surface area contributed by atoms with E-state index in [1.54, 1.807) is 30.3 Å². The molecule has 0 aliphatic rings. The lowest BCUT2D eigenvalue weighted by Gasteiger charge is -2.13. The number of nitriles is 1. The maximum Gasteiger partial charge on any atom is 0.207 e. The van der Waals surface area contributed by atoms with Gasteiger partial charge in [0.1, 0.15) is 17.8 Å². The van der Waals surface area contributed by atoms with Crippen molar-refractivity contribution in [3.63, 3.8) is 0 Å². The molecule has 0 aliphatic carbocycles. The van der Waals surface area contributed by atoms with Gasteiger partial charge in [-0.3, -0.25) is 4.79 Å². The number of alkyl halides is 1. The van der Waals surface area contributed by atoms with Gasteiger partial charge in [0.2, 0.25) is 5.43 Å². The summed E-state index contributed by atoms with van der Waals surface area (Å²) in [6.07, 6.45) is 1.48. The molecule has 27 heavy (non-hydrogen) atoms. The molecular formula is C21H17F3N2O. The molecule has 1 heterocycles. The molecule has 3 rings (SSSR count). The van der Waals surface area contributed by atoms with Crippen LogP contribution in [0.5, 0.6) is 0 Å². The van der Waals surface area contributed by atoms with Crippen molar-refractivity contribution >= 4 is 10.9 Å². The number of fused-ring (bicyclic) bond motifs is 1. The van der Waals surface area contributed by atoms with E-state index in [9.17, 15) is 18.0 Å². The highest BCUT2D eigenvalue weighted by molar-refractivity contribution is 5.80. The van der Waals surface area contributed by atoms with Crippen LogP contribution in [0, 0.1) is 23.0 Å². The number of hydrogen-bond acceptors (Lipinski definition) is 2. The molecule has 1 unspecified atom stereocenters. The highest BCUT2D eigenvalue weighted by Gasteiger charge is 2.14. The Balaban J connectivity index is 2.04. The lowest BCUT2D eigenvalue weighted by Crippen LogP contribution is -2.14. The van der Waals surface area contributed by atoms with E-state index in [1.807, 2.05) is 6.92 Å². The standard InChI is InChI=1S/C21H17F3N2O/c1-2-3-17(22)14-6-4-13(5-7-14)11-26-12-15(10-25)21(27)16-8-18(23)19(24)9-20(16)26/h4-9,12,17H,2-3,11H2,1H3. The zero-order valence-corrected chi connectivity index (χ0v) is 14.7. The van der Waals surface area contributed by atoms with Crippen molar-refractivity contribution in [1.82, 2.24) is 4.57 Å². The molecule has 138 valence electrons. The van der Waals surface area contributed by atoms with Gasteiger partial charge in [0.25, 0.3) is 0 Å². The van der Waals surface area contributed by atoms with Gasteiger partial charge in [-0.1, -0.05) is 37.6 Å². The van der Waals surface area contributed by atoms with E-state index in [2.05, 4.69) is 0 Å². The van der Waals surface area contributed by atoms with Gasteiger partial charge in [-0.05, 0) is 23.6 Å². The number of nitrogens with zero attached hydrogens (tertiary/aromatic N) is 2. The van der Waals surface area contributed by atoms with E-state index in [0.717, 1.165) is 24.1 Å². The fraction of sp³-hybridized carbons (Fsp3) is 0.238. The number of hydrogen-bond donors (Lipinski definition) is 0. The van der Waals surface area contributed by atoms with Crippen LogP contribution in [0.2, 0.25) is 0 Å². The van der Waals surface area contributed by atoms with Crippen LogP contribution >= 0.6 is 0 Å². The molecular weight excluding hydrogens is 353 g/mol. The van der Waals surface area contributed by atoms with Gasteiger partial charge in [0.15, 0.2) is 11.6 Å². The van der Waals surface area contributed by atoms with Gasteiger partial charge in [0.05, 0.1) is 10.9 Å². The van der Waals surface area contributed by atoms with Gasteiger partial charge in [-0.25, -0.2) is 13.2 Å². The van der Waals surface area contributed by atoms with Crippen molar-refractivity contribution in [1.29, 1.82) is 5.26 Å². The second-order valence-corrected chi connectivity index (χ2v) is 6.39. The molecule has 0 amide bonds. The summed E-state index contributed by atoms with van der Waals surface area (Å²) in [4.78, 5) is 12.2. The van der Waals surface area contributed by atoms with Crippen LogP contribution in [0.15, 0.2) is 47.4 Å². The fourth-order valence-corrected chi connectivity index (χ4v) is 3.04. The van der Waals surface area contributed by atoms with Gasteiger partial charge in [-0.15, -0.1) is 0 Å². The third-order valence-electron chi connectivity index (χ3n) is 4.48. The Bertz CT molecular complexity index is 1080. The summed E-state index contributed by atoms with van der Waals surface area (Å²) < 4.78 is 42.8. The highest BCUT2D eigenvalue weighted by Crippen LogP contribution is 2.24. The van der Waals surface area contributed by atoms with E-state index in [-0.39, 0.29) is 23.0 Å². The lowest BCUT2D eigenvalue weighted by atomic mass is 10.0. The quantitative estimate of drug-likeness (QED) is 0.634. The van der Waals surface area contributed by atoms with Gasteiger partial charge >= 0.3 is 0 Å². The number of rotatable bonds is 5. The predicted octanol–water partition coefficient (Wildman–Crippen LogP) is 5.01. The Hall–Kier alpha value is -3.07. The minimum absolute atomic E-state index is 0.0589. The first kappa shape index (κ1) is 18.7. The predicted molar refractivity (Wildman–Crippen MR) is 97.1 cm³/mol. The highest BCUT2D eigenvalue weighted by atomic mass is 19.2. The van der Waals surface area contributed by atoms with Crippen molar-refractivity contribution in [2.24, 2.45) is 0 Å². The van der Waals surface area contributed by atoms with Crippen LogP contribution in [0.25, 0.3) is 10.9 Å². The van der Waals surface area contributed by atoms with Crippen LogP contribution in [0.1, 0.15) is 42.6 Å². The molecule has 0 saturated carbocycles. The van der Waals surface area contributed by atoms with E-state index >= 15 is 0 Å². The molecule has 6 heteroatoms. The Morgan fingerprint density at radius 2 is 1.81 bits per heavy atom. The third kappa shape index (κ3) is 3.72. The zero-order valence-electron chi connectivity index (χ0n) is 14.7. The second-order valence-electron chi connectivity index (χ2n) is 6.39. The Morgan fingerprint density at radius 1 is 1.15 bits per heavy atom. The normalized spacial score (nSPS) is 12.1. The van der Waals surface area contributed by atoms with Gasteiger partial charge < -0.3 is 4.57 Å². The SMILES string of the molecule is CCCC(F)c1ccc(Cn2cc(C#N)c(=O)c3cc(F)c(F)cc32)cc1. The largest absolute Gasteiger partial charge is 0.341 e. The van der Waals surface area contributed by atoms with Crippen LogP contribution in [-0.2, 0) is 6.54 Å².